The summed E-state index contributed by atoms with van der Waals surface area (Å²) in [5.41, 5.74) is 0.928. The number of halogens is 2. The third-order valence-electron chi connectivity index (χ3n) is 2.28. The van der Waals surface area contributed by atoms with Crippen LogP contribution in [0.5, 0.6) is 0 Å². The van der Waals surface area contributed by atoms with E-state index in [4.69, 9.17) is 23.2 Å². The highest BCUT2D eigenvalue weighted by molar-refractivity contribution is 6.41. The first-order valence-corrected chi connectivity index (χ1v) is 5.87. The Morgan fingerprint density at radius 1 is 1.29 bits per heavy atom. The molecule has 17 heavy (non-hydrogen) atoms. The number of amides is 1. The SMILES string of the molecule is CC(=O)C(Cl)C(=O)N(C)Cc1ccc(Cl)cc1. The average molecular weight is 274 g/mol. The second-order valence-electron chi connectivity index (χ2n) is 3.79. The number of alkyl halides is 1. The van der Waals surface area contributed by atoms with Crippen LogP contribution in [0.3, 0.4) is 0 Å². The van der Waals surface area contributed by atoms with Crippen LogP contribution in [0.1, 0.15) is 12.5 Å². The van der Waals surface area contributed by atoms with Crippen molar-refractivity contribution in [3.63, 3.8) is 0 Å². The van der Waals surface area contributed by atoms with Crippen molar-refractivity contribution in [1.82, 2.24) is 4.90 Å². The molecule has 3 nitrogen and oxygen atoms in total. The standard InChI is InChI=1S/C12H13Cl2NO2/c1-8(16)11(14)12(17)15(2)7-9-3-5-10(13)6-4-9/h3-6,11H,7H2,1-2H3. The van der Waals surface area contributed by atoms with Crippen molar-refractivity contribution >= 4 is 34.9 Å². The van der Waals surface area contributed by atoms with Crippen LogP contribution in [0.15, 0.2) is 24.3 Å². The van der Waals surface area contributed by atoms with Gasteiger partial charge < -0.3 is 4.90 Å². The molecule has 0 radical (unpaired) electrons. The lowest BCUT2D eigenvalue weighted by Gasteiger charge is -2.19. The molecular weight excluding hydrogens is 261 g/mol. The maximum absolute atomic E-state index is 11.7. The molecule has 1 aromatic rings. The van der Waals surface area contributed by atoms with Crippen molar-refractivity contribution in [2.24, 2.45) is 0 Å². The van der Waals surface area contributed by atoms with Crippen LogP contribution in [0.25, 0.3) is 0 Å². The minimum atomic E-state index is -1.10. The molecule has 0 spiro atoms. The van der Waals surface area contributed by atoms with Gasteiger partial charge in [0.25, 0.3) is 0 Å². The van der Waals surface area contributed by atoms with E-state index in [9.17, 15) is 9.59 Å². The molecule has 1 amide bonds. The van der Waals surface area contributed by atoms with E-state index in [-0.39, 0.29) is 5.78 Å². The summed E-state index contributed by atoms with van der Waals surface area (Å²) in [6.07, 6.45) is 0. The third kappa shape index (κ3) is 4.02. The van der Waals surface area contributed by atoms with Gasteiger partial charge in [-0.3, -0.25) is 9.59 Å². The number of hydrogen-bond acceptors (Lipinski definition) is 2. The first-order valence-electron chi connectivity index (χ1n) is 5.05. The first-order chi connectivity index (χ1) is 7.91. The number of rotatable bonds is 4. The van der Waals surface area contributed by atoms with Crippen LogP contribution >= 0.6 is 23.2 Å². The topological polar surface area (TPSA) is 37.4 Å². The van der Waals surface area contributed by atoms with Crippen LogP contribution in [0.2, 0.25) is 5.02 Å². The number of nitrogens with zero attached hydrogens (tertiary/aromatic N) is 1. The van der Waals surface area contributed by atoms with Gasteiger partial charge >= 0.3 is 0 Å². The van der Waals surface area contributed by atoms with Gasteiger partial charge in [-0.15, -0.1) is 11.6 Å². The molecule has 5 heteroatoms. The van der Waals surface area contributed by atoms with Crippen molar-refractivity contribution in [3.8, 4) is 0 Å². The van der Waals surface area contributed by atoms with E-state index in [0.29, 0.717) is 11.6 Å². The van der Waals surface area contributed by atoms with Crippen LogP contribution in [-0.4, -0.2) is 29.0 Å². The third-order valence-corrected chi connectivity index (χ3v) is 3.03. The highest BCUT2D eigenvalue weighted by atomic mass is 35.5. The summed E-state index contributed by atoms with van der Waals surface area (Å²) in [5.74, 6) is -0.742. The zero-order chi connectivity index (χ0) is 13.0. The molecule has 1 aromatic carbocycles. The van der Waals surface area contributed by atoms with Crippen LogP contribution in [0, 0.1) is 0 Å². The second-order valence-corrected chi connectivity index (χ2v) is 4.67. The molecule has 0 heterocycles. The Labute approximate surface area is 110 Å². The summed E-state index contributed by atoms with van der Waals surface area (Å²) >= 11 is 11.4. The second kappa shape index (κ2) is 6.03. The molecule has 0 saturated heterocycles. The average Bonchev–Trinajstić information content (AvgIpc) is 2.30. The lowest BCUT2D eigenvalue weighted by Crippen LogP contribution is -2.36. The zero-order valence-corrected chi connectivity index (χ0v) is 11.1. The number of carbonyl (C=O) groups is 2. The molecule has 1 unspecified atom stereocenters. The number of benzene rings is 1. The minimum Gasteiger partial charge on any atom is -0.340 e. The smallest absolute Gasteiger partial charge is 0.248 e. The monoisotopic (exact) mass is 273 g/mol. The van der Waals surface area contributed by atoms with Crippen LogP contribution in [0.4, 0.5) is 0 Å². The van der Waals surface area contributed by atoms with Crippen molar-refractivity contribution in [2.75, 3.05) is 7.05 Å². The Morgan fingerprint density at radius 3 is 2.29 bits per heavy atom. The van der Waals surface area contributed by atoms with Gasteiger partial charge in [-0.2, -0.15) is 0 Å². The number of ketones is 1. The first kappa shape index (κ1) is 14.0. The number of hydrogen-bond donors (Lipinski definition) is 0. The van der Waals surface area contributed by atoms with Gasteiger partial charge in [-0.25, -0.2) is 0 Å². The number of carbonyl (C=O) groups excluding carboxylic acids is 2. The van der Waals surface area contributed by atoms with Gasteiger partial charge in [0.2, 0.25) is 5.91 Å². The Hall–Kier alpha value is -1.06. The summed E-state index contributed by atoms with van der Waals surface area (Å²) in [4.78, 5) is 24.1. The van der Waals surface area contributed by atoms with Gasteiger partial charge in [-0.05, 0) is 24.6 Å². The fraction of sp³-hybridized carbons (Fsp3) is 0.333. The molecule has 1 rings (SSSR count). The van der Waals surface area contributed by atoms with Gasteiger partial charge in [0.1, 0.15) is 0 Å². The van der Waals surface area contributed by atoms with Crippen LogP contribution < -0.4 is 0 Å². The Bertz CT molecular complexity index is 417. The van der Waals surface area contributed by atoms with E-state index >= 15 is 0 Å². The van der Waals surface area contributed by atoms with Gasteiger partial charge in [0, 0.05) is 18.6 Å². The normalized spacial score (nSPS) is 12.0. The molecule has 0 N–H and O–H groups in total. The Kier molecular flexibility index (Phi) is 4.97. The van der Waals surface area contributed by atoms with Crippen LogP contribution in [-0.2, 0) is 16.1 Å². The Morgan fingerprint density at radius 2 is 1.82 bits per heavy atom. The predicted molar refractivity (Wildman–Crippen MR) is 68.2 cm³/mol. The molecule has 0 aliphatic heterocycles. The summed E-state index contributed by atoms with van der Waals surface area (Å²) in [7, 11) is 1.61. The maximum atomic E-state index is 11.7. The Balaban J connectivity index is 2.66. The summed E-state index contributed by atoms with van der Waals surface area (Å²) in [6, 6.07) is 7.14. The predicted octanol–water partition coefficient (Wildman–Crippen LogP) is 2.49. The lowest BCUT2D eigenvalue weighted by atomic mass is 10.2. The van der Waals surface area contributed by atoms with Gasteiger partial charge in [0.05, 0.1) is 0 Å². The van der Waals surface area contributed by atoms with Gasteiger partial charge in [-0.1, -0.05) is 23.7 Å². The van der Waals surface area contributed by atoms with Crippen molar-refractivity contribution in [3.05, 3.63) is 34.9 Å². The molecule has 92 valence electrons. The van der Waals surface area contributed by atoms with E-state index in [1.165, 1.54) is 11.8 Å². The summed E-state index contributed by atoms with van der Waals surface area (Å²) in [5, 5.41) is -0.464. The number of Topliss-reactive ketones (excluding diaryl/α,β-unsaturated/α-hetero) is 1. The molecule has 0 aliphatic carbocycles. The lowest BCUT2D eigenvalue weighted by molar-refractivity contribution is -0.133. The van der Waals surface area contributed by atoms with Crippen molar-refractivity contribution < 1.29 is 9.59 Å². The molecule has 0 aromatic heterocycles. The van der Waals surface area contributed by atoms with Gasteiger partial charge in [0.15, 0.2) is 11.2 Å². The van der Waals surface area contributed by atoms with E-state index in [1.54, 1.807) is 19.2 Å². The quantitative estimate of drug-likeness (QED) is 0.625. The van der Waals surface area contributed by atoms with E-state index in [1.807, 2.05) is 12.1 Å². The minimum absolute atomic E-state index is 0.348. The maximum Gasteiger partial charge on any atom is 0.248 e. The highest BCUT2D eigenvalue weighted by Gasteiger charge is 2.23. The van der Waals surface area contributed by atoms with E-state index < -0.39 is 11.3 Å². The zero-order valence-electron chi connectivity index (χ0n) is 9.61. The fourth-order valence-corrected chi connectivity index (χ4v) is 1.60. The molecule has 0 bridgehead atoms. The molecule has 0 fully saturated rings. The van der Waals surface area contributed by atoms with E-state index in [0.717, 1.165) is 5.56 Å². The van der Waals surface area contributed by atoms with Crippen molar-refractivity contribution in [2.45, 2.75) is 18.8 Å². The molecular formula is C12H13Cl2NO2. The summed E-state index contributed by atoms with van der Waals surface area (Å²) < 4.78 is 0. The fourth-order valence-electron chi connectivity index (χ4n) is 1.31. The van der Waals surface area contributed by atoms with E-state index in [2.05, 4.69) is 0 Å². The largest absolute Gasteiger partial charge is 0.340 e. The van der Waals surface area contributed by atoms with Crippen molar-refractivity contribution in [1.29, 1.82) is 0 Å². The molecule has 1 atom stereocenters. The summed E-state index contributed by atoms with van der Waals surface area (Å²) in [6.45, 7) is 1.69. The highest BCUT2D eigenvalue weighted by Crippen LogP contribution is 2.12. The molecule has 0 aliphatic rings. The molecule has 0 saturated carbocycles.